The van der Waals surface area contributed by atoms with Crippen LogP contribution in [0.25, 0.3) is 5.69 Å². The lowest BCUT2D eigenvalue weighted by Crippen LogP contribution is -2.22. The molecule has 0 spiro atoms. The second-order valence-corrected chi connectivity index (χ2v) is 6.96. The third-order valence-electron chi connectivity index (χ3n) is 3.91. The zero-order valence-electron chi connectivity index (χ0n) is 15.7. The van der Waals surface area contributed by atoms with E-state index in [4.69, 9.17) is 21.1 Å². The molecule has 0 fully saturated rings. The molecule has 1 heterocycles. The molecule has 0 bridgehead atoms. The summed E-state index contributed by atoms with van der Waals surface area (Å²) in [6.07, 6.45) is 3.30. The van der Waals surface area contributed by atoms with Crippen LogP contribution in [0.1, 0.15) is 10.5 Å². The number of thioether (sulfide) groups is 1. The van der Waals surface area contributed by atoms with Gasteiger partial charge in [0.05, 0.1) is 18.3 Å². The Balaban J connectivity index is 1.67. The van der Waals surface area contributed by atoms with Crippen LogP contribution in [0.15, 0.2) is 59.9 Å². The number of amides is 1. The van der Waals surface area contributed by atoms with Gasteiger partial charge in [-0.25, -0.2) is 9.78 Å². The molecule has 0 aliphatic carbocycles. The predicted octanol–water partition coefficient (Wildman–Crippen LogP) is 4.05. The Morgan fingerprint density at radius 3 is 2.62 bits per heavy atom. The minimum atomic E-state index is -0.649. The number of nitrogens with one attached hydrogen (secondary N) is 1. The number of carbonyl (C=O) groups is 2. The maximum atomic E-state index is 12.6. The molecule has 29 heavy (non-hydrogen) atoms. The van der Waals surface area contributed by atoms with Crippen molar-refractivity contribution in [2.45, 2.75) is 5.16 Å². The van der Waals surface area contributed by atoms with Gasteiger partial charge in [-0.1, -0.05) is 41.6 Å². The second-order valence-electron chi connectivity index (χ2n) is 5.77. The molecule has 1 amide bonds. The summed E-state index contributed by atoms with van der Waals surface area (Å²) in [5.74, 6) is -0.644. The van der Waals surface area contributed by atoms with Crippen molar-refractivity contribution in [3.05, 3.63) is 65.4 Å². The van der Waals surface area contributed by atoms with Gasteiger partial charge in [0.25, 0.3) is 5.91 Å². The quantitative estimate of drug-likeness (QED) is 0.449. The van der Waals surface area contributed by atoms with Crippen molar-refractivity contribution in [2.75, 3.05) is 25.3 Å². The molecule has 0 radical (unpaired) electrons. The maximum absolute atomic E-state index is 12.6. The summed E-state index contributed by atoms with van der Waals surface area (Å²) in [5.41, 5.74) is 1.48. The summed E-state index contributed by atoms with van der Waals surface area (Å²) in [7, 11) is 1.50. The van der Waals surface area contributed by atoms with Crippen molar-refractivity contribution in [3.63, 3.8) is 0 Å². The van der Waals surface area contributed by atoms with E-state index >= 15 is 0 Å². The van der Waals surface area contributed by atoms with Crippen LogP contribution in [-0.2, 0) is 9.53 Å². The highest BCUT2D eigenvalue weighted by molar-refractivity contribution is 7.98. The number of nitrogens with zero attached hydrogens (tertiary/aromatic N) is 2. The fourth-order valence-electron chi connectivity index (χ4n) is 2.60. The van der Waals surface area contributed by atoms with E-state index in [9.17, 15) is 9.59 Å². The van der Waals surface area contributed by atoms with Crippen LogP contribution >= 0.6 is 23.4 Å². The van der Waals surface area contributed by atoms with Gasteiger partial charge in [0.15, 0.2) is 17.5 Å². The maximum Gasteiger partial charge on any atom is 0.357 e. The number of aromatic nitrogens is 2. The van der Waals surface area contributed by atoms with Gasteiger partial charge in [-0.05, 0) is 36.6 Å². The second kappa shape index (κ2) is 9.49. The Morgan fingerprint density at radius 2 is 1.97 bits per heavy atom. The van der Waals surface area contributed by atoms with Crippen LogP contribution in [0.5, 0.6) is 5.75 Å². The summed E-state index contributed by atoms with van der Waals surface area (Å²) in [6, 6.07) is 14.1. The lowest BCUT2D eigenvalue weighted by molar-refractivity contribution is -0.119. The van der Waals surface area contributed by atoms with Gasteiger partial charge in [-0.2, -0.15) is 0 Å². The summed E-state index contributed by atoms with van der Waals surface area (Å²) < 4.78 is 11.9. The molecule has 7 nitrogen and oxygen atoms in total. The van der Waals surface area contributed by atoms with E-state index in [0.717, 1.165) is 5.69 Å². The predicted molar refractivity (Wildman–Crippen MR) is 112 cm³/mol. The number of imidazole rings is 1. The van der Waals surface area contributed by atoms with E-state index in [1.165, 1.54) is 25.1 Å². The molecular weight excluding hydrogens is 414 g/mol. The molecule has 0 saturated heterocycles. The van der Waals surface area contributed by atoms with Crippen molar-refractivity contribution < 1.29 is 19.1 Å². The van der Waals surface area contributed by atoms with E-state index in [1.807, 2.05) is 36.6 Å². The highest BCUT2D eigenvalue weighted by Crippen LogP contribution is 2.27. The van der Waals surface area contributed by atoms with E-state index in [2.05, 4.69) is 10.3 Å². The van der Waals surface area contributed by atoms with Gasteiger partial charge >= 0.3 is 5.97 Å². The Hall–Kier alpha value is -2.97. The minimum Gasteiger partial charge on any atom is -0.495 e. The SMILES string of the molecule is COc1ccc(NC(=O)COC(=O)c2cnc(SC)n2-c2ccccc2)cc1Cl. The Labute approximate surface area is 177 Å². The number of hydrogen-bond acceptors (Lipinski definition) is 6. The first-order valence-corrected chi connectivity index (χ1v) is 10.1. The molecule has 0 saturated carbocycles. The zero-order valence-corrected chi connectivity index (χ0v) is 17.3. The number of ether oxygens (including phenoxy) is 2. The van der Waals surface area contributed by atoms with Crippen LogP contribution in [0.2, 0.25) is 5.02 Å². The summed E-state index contributed by atoms with van der Waals surface area (Å²) in [6.45, 7) is -0.447. The van der Waals surface area contributed by atoms with Gasteiger partial charge < -0.3 is 14.8 Å². The number of halogens is 1. The van der Waals surface area contributed by atoms with Crippen LogP contribution in [0, 0.1) is 0 Å². The smallest absolute Gasteiger partial charge is 0.357 e. The van der Waals surface area contributed by atoms with Gasteiger partial charge in [0.1, 0.15) is 5.75 Å². The number of methoxy groups -OCH3 is 1. The Bertz CT molecular complexity index is 1020. The molecule has 3 rings (SSSR count). The first-order chi connectivity index (χ1) is 14.0. The van der Waals surface area contributed by atoms with Crippen molar-refractivity contribution in [3.8, 4) is 11.4 Å². The molecule has 1 aromatic heterocycles. The largest absolute Gasteiger partial charge is 0.495 e. The first-order valence-electron chi connectivity index (χ1n) is 8.51. The van der Waals surface area contributed by atoms with Crippen molar-refractivity contribution in [2.24, 2.45) is 0 Å². The van der Waals surface area contributed by atoms with E-state index < -0.39 is 18.5 Å². The van der Waals surface area contributed by atoms with E-state index in [0.29, 0.717) is 21.6 Å². The average molecular weight is 432 g/mol. The van der Waals surface area contributed by atoms with Crippen molar-refractivity contribution >= 4 is 40.9 Å². The average Bonchev–Trinajstić information content (AvgIpc) is 3.17. The zero-order chi connectivity index (χ0) is 20.8. The van der Waals surface area contributed by atoms with E-state index in [-0.39, 0.29) is 5.69 Å². The molecular formula is C20H18ClN3O4S. The third kappa shape index (κ3) is 4.90. The lowest BCUT2D eigenvalue weighted by Gasteiger charge is -2.11. The van der Waals surface area contributed by atoms with Crippen molar-refractivity contribution in [1.29, 1.82) is 0 Å². The van der Waals surface area contributed by atoms with Crippen LogP contribution in [-0.4, -0.2) is 41.4 Å². The molecule has 3 aromatic rings. The van der Waals surface area contributed by atoms with Crippen LogP contribution in [0.3, 0.4) is 0 Å². The highest BCUT2D eigenvalue weighted by Gasteiger charge is 2.20. The molecule has 0 aliphatic rings. The molecule has 1 N–H and O–H groups in total. The number of anilines is 1. The van der Waals surface area contributed by atoms with E-state index in [1.54, 1.807) is 22.8 Å². The van der Waals surface area contributed by atoms with Crippen molar-refractivity contribution in [1.82, 2.24) is 9.55 Å². The molecule has 0 aliphatic heterocycles. The van der Waals surface area contributed by atoms with Gasteiger partial charge in [0.2, 0.25) is 0 Å². The molecule has 0 unspecified atom stereocenters. The highest BCUT2D eigenvalue weighted by atomic mass is 35.5. The molecule has 150 valence electrons. The third-order valence-corrected chi connectivity index (χ3v) is 4.85. The Morgan fingerprint density at radius 1 is 1.21 bits per heavy atom. The number of carbonyl (C=O) groups excluding carboxylic acids is 2. The molecule has 2 aromatic carbocycles. The Kier molecular flexibility index (Phi) is 6.79. The fourth-order valence-corrected chi connectivity index (χ4v) is 3.40. The normalized spacial score (nSPS) is 10.4. The lowest BCUT2D eigenvalue weighted by atomic mass is 10.3. The monoisotopic (exact) mass is 431 g/mol. The van der Waals surface area contributed by atoms with Gasteiger partial charge in [-0.3, -0.25) is 9.36 Å². The molecule has 0 atom stereocenters. The fraction of sp³-hybridized carbons (Fsp3) is 0.150. The number of para-hydroxylation sites is 1. The number of rotatable bonds is 7. The summed E-state index contributed by atoms with van der Waals surface area (Å²) >= 11 is 7.44. The minimum absolute atomic E-state index is 0.237. The van der Waals surface area contributed by atoms with Gasteiger partial charge in [0, 0.05) is 11.4 Å². The number of esters is 1. The topological polar surface area (TPSA) is 82.4 Å². The van der Waals surface area contributed by atoms with Gasteiger partial charge in [-0.15, -0.1) is 0 Å². The summed E-state index contributed by atoms with van der Waals surface area (Å²) in [5, 5.41) is 3.62. The standard InChI is InChI=1S/C20H18ClN3O4S/c1-27-17-9-8-13(10-15(17)21)23-18(25)12-28-19(26)16-11-22-20(29-2)24(16)14-6-4-3-5-7-14/h3-11H,12H2,1-2H3,(H,23,25). The first kappa shape index (κ1) is 20.8. The van der Waals surface area contributed by atoms with Crippen LogP contribution < -0.4 is 10.1 Å². The summed E-state index contributed by atoms with van der Waals surface area (Å²) in [4.78, 5) is 28.9. The number of benzene rings is 2. The molecule has 9 heteroatoms. The number of hydrogen-bond donors (Lipinski definition) is 1. The van der Waals surface area contributed by atoms with Crippen LogP contribution in [0.4, 0.5) is 5.69 Å².